The van der Waals surface area contributed by atoms with E-state index in [9.17, 15) is 9.18 Å². The van der Waals surface area contributed by atoms with Gasteiger partial charge in [-0.05, 0) is 30.9 Å². The minimum absolute atomic E-state index is 0.234. The van der Waals surface area contributed by atoms with Crippen molar-refractivity contribution in [2.24, 2.45) is 5.92 Å². The molecule has 1 aromatic carbocycles. The van der Waals surface area contributed by atoms with Crippen LogP contribution < -0.4 is 10.6 Å². The number of carbonyl (C=O) groups is 1. The Kier molecular flexibility index (Phi) is 5.62. The van der Waals surface area contributed by atoms with Crippen LogP contribution in [0.3, 0.4) is 0 Å². The van der Waals surface area contributed by atoms with Crippen molar-refractivity contribution in [2.75, 3.05) is 18.9 Å². The zero-order valence-electron chi connectivity index (χ0n) is 11.2. The summed E-state index contributed by atoms with van der Waals surface area (Å²) in [6.45, 7) is 4.91. The second-order valence-corrected chi connectivity index (χ2v) is 4.70. The topological polar surface area (TPSA) is 41.1 Å². The van der Waals surface area contributed by atoms with Crippen LogP contribution in [-0.4, -0.2) is 19.5 Å². The molecule has 0 aromatic heterocycles. The average molecular weight is 252 g/mol. The van der Waals surface area contributed by atoms with E-state index in [1.807, 2.05) is 0 Å². The highest BCUT2D eigenvalue weighted by Crippen LogP contribution is 2.18. The Morgan fingerprint density at radius 1 is 1.39 bits per heavy atom. The summed E-state index contributed by atoms with van der Waals surface area (Å²) in [6.07, 6.45) is 2.01. The van der Waals surface area contributed by atoms with Crippen molar-refractivity contribution in [1.29, 1.82) is 0 Å². The minimum atomic E-state index is -0.410. The van der Waals surface area contributed by atoms with Gasteiger partial charge in [0, 0.05) is 13.6 Å². The minimum Gasteiger partial charge on any atom is -0.385 e. The fraction of sp³-hybridized carbons (Fsp3) is 0.500. The number of nitrogens with one attached hydrogen (secondary N) is 2. The molecule has 2 N–H and O–H groups in total. The molecule has 18 heavy (non-hydrogen) atoms. The van der Waals surface area contributed by atoms with E-state index >= 15 is 0 Å². The molecule has 0 fully saturated rings. The lowest BCUT2D eigenvalue weighted by atomic mass is 10.1. The van der Waals surface area contributed by atoms with E-state index in [-0.39, 0.29) is 11.6 Å². The lowest BCUT2D eigenvalue weighted by Gasteiger charge is -2.11. The number of halogens is 1. The summed E-state index contributed by atoms with van der Waals surface area (Å²) in [5, 5.41) is 5.53. The van der Waals surface area contributed by atoms with Crippen LogP contribution in [0.5, 0.6) is 0 Å². The van der Waals surface area contributed by atoms with Crippen LogP contribution in [0.4, 0.5) is 10.1 Å². The van der Waals surface area contributed by atoms with Crippen molar-refractivity contribution >= 4 is 11.6 Å². The summed E-state index contributed by atoms with van der Waals surface area (Å²) in [5.41, 5.74) is 0.598. The van der Waals surface area contributed by atoms with Gasteiger partial charge in [-0.3, -0.25) is 4.79 Å². The Labute approximate surface area is 108 Å². The largest absolute Gasteiger partial charge is 0.385 e. The monoisotopic (exact) mass is 252 g/mol. The number of hydrogen-bond donors (Lipinski definition) is 2. The van der Waals surface area contributed by atoms with Crippen molar-refractivity contribution in [2.45, 2.75) is 26.7 Å². The van der Waals surface area contributed by atoms with Crippen molar-refractivity contribution in [3.05, 3.63) is 29.6 Å². The van der Waals surface area contributed by atoms with Crippen LogP contribution in [-0.2, 0) is 0 Å². The predicted molar refractivity (Wildman–Crippen MR) is 72.4 cm³/mol. The normalized spacial score (nSPS) is 10.5. The summed E-state index contributed by atoms with van der Waals surface area (Å²) < 4.78 is 13.5. The molecule has 0 heterocycles. The molecule has 0 spiro atoms. The molecule has 1 aromatic rings. The quantitative estimate of drug-likeness (QED) is 0.764. The third-order valence-electron chi connectivity index (χ3n) is 2.75. The van der Waals surface area contributed by atoms with Gasteiger partial charge in [-0.2, -0.15) is 0 Å². The van der Waals surface area contributed by atoms with E-state index in [1.54, 1.807) is 19.2 Å². The lowest BCUT2D eigenvalue weighted by Crippen LogP contribution is -2.25. The number of rotatable bonds is 6. The fourth-order valence-corrected chi connectivity index (χ4v) is 1.77. The van der Waals surface area contributed by atoms with Gasteiger partial charge in [0.15, 0.2) is 0 Å². The number of anilines is 1. The smallest absolute Gasteiger partial charge is 0.253 e. The summed E-state index contributed by atoms with van der Waals surface area (Å²) in [4.78, 5) is 11.9. The number of para-hydroxylation sites is 1. The fourth-order valence-electron chi connectivity index (χ4n) is 1.77. The first-order valence-corrected chi connectivity index (χ1v) is 6.30. The number of benzene rings is 1. The van der Waals surface area contributed by atoms with Gasteiger partial charge in [-0.1, -0.05) is 19.9 Å². The Morgan fingerprint density at radius 2 is 2.11 bits per heavy atom. The molecule has 0 atom stereocenters. The predicted octanol–water partition coefficient (Wildman–Crippen LogP) is 3.03. The van der Waals surface area contributed by atoms with E-state index in [0.717, 1.165) is 12.8 Å². The molecule has 1 amide bonds. The van der Waals surface area contributed by atoms with E-state index in [2.05, 4.69) is 24.5 Å². The second kappa shape index (κ2) is 6.99. The zero-order valence-corrected chi connectivity index (χ0v) is 11.2. The van der Waals surface area contributed by atoms with E-state index < -0.39 is 5.82 Å². The molecule has 1 rings (SSSR count). The molecule has 0 saturated carbocycles. The van der Waals surface area contributed by atoms with Crippen LogP contribution in [0.15, 0.2) is 18.2 Å². The molecule has 3 nitrogen and oxygen atoms in total. The molecule has 0 aliphatic rings. The van der Waals surface area contributed by atoms with Crippen molar-refractivity contribution < 1.29 is 9.18 Å². The van der Waals surface area contributed by atoms with Crippen LogP contribution in [0.2, 0.25) is 0 Å². The molecular weight excluding hydrogens is 231 g/mol. The van der Waals surface area contributed by atoms with Crippen LogP contribution in [0, 0.1) is 11.7 Å². The second-order valence-electron chi connectivity index (χ2n) is 4.70. The van der Waals surface area contributed by atoms with Gasteiger partial charge in [0.25, 0.3) is 5.91 Å². The van der Waals surface area contributed by atoms with Gasteiger partial charge in [0.05, 0.1) is 11.3 Å². The molecule has 0 radical (unpaired) electrons. The molecule has 0 aliphatic carbocycles. The summed E-state index contributed by atoms with van der Waals surface area (Å²) in [7, 11) is 1.61. The third-order valence-corrected chi connectivity index (χ3v) is 2.75. The van der Waals surface area contributed by atoms with Crippen molar-refractivity contribution in [1.82, 2.24) is 5.32 Å². The number of amides is 1. The maximum absolute atomic E-state index is 13.5. The Bertz CT molecular complexity index is 405. The Morgan fingerprint density at radius 3 is 2.72 bits per heavy atom. The van der Waals surface area contributed by atoms with Crippen molar-refractivity contribution in [3.8, 4) is 0 Å². The summed E-state index contributed by atoms with van der Waals surface area (Å²) in [6, 6.07) is 4.49. The first kappa shape index (κ1) is 14.5. The highest BCUT2D eigenvalue weighted by atomic mass is 19.1. The number of hydrogen-bond acceptors (Lipinski definition) is 2. The number of carbonyl (C=O) groups excluding carboxylic acids is 1. The van der Waals surface area contributed by atoms with Crippen LogP contribution in [0.1, 0.15) is 37.0 Å². The molecule has 100 valence electrons. The Balaban J connectivity index is 2.59. The first-order valence-electron chi connectivity index (χ1n) is 6.30. The maximum Gasteiger partial charge on any atom is 0.253 e. The van der Waals surface area contributed by atoms with Gasteiger partial charge < -0.3 is 10.6 Å². The third kappa shape index (κ3) is 4.02. The maximum atomic E-state index is 13.5. The molecule has 4 heteroatoms. The highest BCUT2D eigenvalue weighted by molar-refractivity contribution is 5.99. The van der Waals surface area contributed by atoms with Gasteiger partial charge in [0.1, 0.15) is 5.82 Å². The Hall–Kier alpha value is -1.58. The molecular formula is C14H21FN2O. The van der Waals surface area contributed by atoms with E-state index in [1.165, 1.54) is 6.07 Å². The SMILES string of the molecule is CNc1c(F)cccc1C(=O)NCCCC(C)C. The van der Waals surface area contributed by atoms with Crippen molar-refractivity contribution in [3.63, 3.8) is 0 Å². The summed E-state index contributed by atoms with van der Waals surface area (Å²) in [5.74, 6) is -0.0149. The van der Waals surface area contributed by atoms with Gasteiger partial charge in [-0.15, -0.1) is 0 Å². The van der Waals surface area contributed by atoms with Gasteiger partial charge >= 0.3 is 0 Å². The summed E-state index contributed by atoms with van der Waals surface area (Å²) >= 11 is 0. The average Bonchev–Trinajstić information content (AvgIpc) is 2.33. The zero-order chi connectivity index (χ0) is 13.5. The highest BCUT2D eigenvalue weighted by Gasteiger charge is 2.13. The molecule has 0 unspecified atom stereocenters. The molecule has 0 aliphatic heterocycles. The standard InChI is InChI=1S/C14H21FN2O/c1-10(2)6-5-9-17-14(18)11-7-4-8-12(15)13(11)16-3/h4,7-8,10,16H,5-6,9H2,1-3H3,(H,17,18). The molecule has 0 saturated heterocycles. The van der Waals surface area contributed by atoms with Gasteiger partial charge in [-0.25, -0.2) is 4.39 Å². The first-order chi connectivity index (χ1) is 8.56. The van der Waals surface area contributed by atoms with Crippen LogP contribution >= 0.6 is 0 Å². The van der Waals surface area contributed by atoms with Crippen LogP contribution in [0.25, 0.3) is 0 Å². The van der Waals surface area contributed by atoms with E-state index in [4.69, 9.17) is 0 Å². The van der Waals surface area contributed by atoms with E-state index in [0.29, 0.717) is 18.0 Å². The molecule has 0 bridgehead atoms. The lowest BCUT2D eigenvalue weighted by molar-refractivity contribution is 0.0953. The van der Waals surface area contributed by atoms with Gasteiger partial charge in [0.2, 0.25) is 0 Å².